The predicted molar refractivity (Wildman–Crippen MR) is 240 cm³/mol. The van der Waals surface area contributed by atoms with Crippen molar-refractivity contribution in [3.05, 3.63) is 144 Å². The van der Waals surface area contributed by atoms with Gasteiger partial charge in [0.15, 0.2) is 0 Å². The van der Waals surface area contributed by atoms with Crippen LogP contribution in [0.4, 0.5) is 0 Å². The van der Waals surface area contributed by atoms with E-state index in [1.807, 2.05) is 121 Å². The molecule has 326 valence electrons. The molecule has 0 aliphatic heterocycles. The molecule has 8 atom stereocenters. The van der Waals surface area contributed by atoms with Gasteiger partial charge in [0.2, 0.25) is 23.6 Å². The number of rotatable bonds is 21. The third-order valence-corrected chi connectivity index (χ3v) is 10.2. The van der Waals surface area contributed by atoms with Crippen LogP contribution in [0.15, 0.2) is 121 Å². The van der Waals surface area contributed by atoms with Crippen LogP contribution >= 0.6 is 24.8 Å². The Kier molecular flexibility index (Phi) is 22.0. The Balaban J connectivity index is 0.00000620. The largest absolute Gasteiger partial charge is 0.388 e. The van der Waals surface area contributed by atoms with Crippen molar-refractivity contribution < 1.29 is 29.4 Å². The molecule has 4 amide bonds. The highest BCUT2D eigenvalue weighted by atomic mass is 35.5. The van der Waals surface area contributed by atoms with Gasteiger partial charge >= 0.3 is 0 Å². The van der Waals surface area contributed by atoms with E-state index in [4.69, 9.17) is 11.5 Å². The normalized spacial score (nSPS) is 15.0. The predicted octanol–water partition coefficient (Wildman–Crippen LogP) is 3.43. The van der Waals surface area contributed by atoms with Gasteiger partial charge in [0.05, 0.1) is 24.2 Å². The number of hydrogen-bond acceptors (Lipinski definition) is 8. The standard InChI is InChI=1S/C46H60N6O6.2ClH/c1-29(2)39(51-43(55)35(47)25-31-17-9-5-10-18-31)45(57)49-37(27-33-21-13-7-14-22-33)41(53)42(54)38(28-34-23-15-8-16-24-34)50-46(58)40(30(3)4)52-44(56)36(48)26-32-19-11-6-12-20-32;;/h5-24,29-30,35-42,53-54H,25-28,47-48H2,1-4H3,(H,49,57)(H,50,58)(H,51,55)(H,52,56);2*1H/t35-,36-,37+,38+,39-,40-,41-,42-;;/m0../s1. The number of hydrogen-bond donors (Lipinski definition) is 8. The monoisotopic (exact) mass is 864 g/mol. The highest BCUT2D eigenvalue weighted by molar-refractivity contribution is 5.91. The summed E-state index contributed by atoms with van der Waals surface area (Å²) in [5.41, 5.74) is 15.8. The Labute approximate surface area is 366 Å². The fourth-order valence-corrected chi connectivity index (χ4v) is 6.78. The fourth-order valence-electron chi connectivity index (χ4n) is 6.78. The van der Waals surface area contributed by atoms with E-state index in [9.17, 15) is 29.4 Å². The Hall–Kier alpha value is -4.82. The summed E-state index contributed by atoms with van der Waals surface area (Å²) in [4.78, 5) is 54.6. The highest BCUT2D eigenvalue weighted by Gasteiger charge is 2.38. The summed E-state index contributed by atoms with van der Waals surface area (Å²) in [5, 5.41) is 35.4. The molecule has 0 saturated carbocycles. The molecule has 0 aromatic heterocycles. The van der Waals surface area contributed by atoms with Gasteiger partial charge in [-0.25, -0.2) is 0 Å². The lowest BCUT2D eigenvalue weighted by molar-refractivity contribution is -0.133. The van der Waals surface area contributed by atoms with E-state index < -0.39 is 72.1 Å². The molecule has 0 bridgehead atoms. The van der Waals surface area contributed by atoms with E-state index in [2.05, 4.69) is 21.3 Å². The van der Waals surface area contributed by atoms with Gasteiger partial charge in [-0.1, -0.05) is 149 Å². The van der Waals surface area contributed by atoms with Gasteiger partial charge in [-0.15, -0.1) is 24.8 Å². The van der Waals surface area contributed by atoms with Gasteiger partial charge in [-0.3, -0.25) is 19.2 Å². The number of nitrogens with two attached hydrogens (primary N) is 2. The van der Waals surface area contributed by atoms with Crippen LogP contribution in [0.2, 0.25) is 0 Å². The van der Waals surface area contributed by atoms with Crippen LogP contribution in [-0.2, 0) is 44.9 Å². The molecule has 0 radical (unpaired) electrons. The van der Waals surface area contributed by atoms with Gasteiger partial charge in [-0.2, -0.15) is 0 Å². The van der Waals surface area contributed by atoms with Crippen LogP contribution in [0, 0.1) is 11.8 Å². The molecule has 0 spiro atoms. The second-order valence-electron chi connectivity index (χ2n) is 15.6. The third kappa shape index (κ3) is 16.0. The zero-order valence-corrected chi connectivity index (χ0v) is 36.3. The van der Waals surface area contributed by atoms with Crippen molar-refractivity contribution in [2.45, 2.75) is 102 Å². The van der Waals surface area contributed by atoms with E-state index in [-0.39, 0.29) is 62.3 Å². The van der Waals surface area contributed by atoms with Crippen LogP contribution in [0.1, 0.15) is 49.9 Å². The summed E-state index contributed by atoms with van der Waals surface area (Å²) < 4.78 is 0. The van der Waals surface area contributed by atoms with Crippen molar-refractivity contribution in [2.24, 2.45) is 23.3 Å². The lowest BCUT2D eigenvalue weighted by Crippen LogP contribution is -2.62. The number of benzene rings is 4. The van der Waals surface area contributed by atoms with Crippen molar-refractivity contribution in [1.82, 2.24) is 21.3 Å². The topological polar surface area (TPSA) is 209 Å². The number of halogens is 2. The quantitative estimate of drug-likeness (QED) is 0.0621. The summed E-state index contributed by atoms with van der Waals surface area (Å²) in [6.07, 6.45) is -2.42. The first kappa shape index (κ1) is 51.3. The minimum absolute atomic E-state index is 0. The number of amides is 4. The number of nitrogens with one attached hydrogen (secondary N) is 4. The SMILES string of the molecule is CC(C)[C@H](NC(=O)[C@@H](N)Cc1ccccc1)C(=O)N[C@H](Cc1ccccc1)[C@H](O)[C@@H](O)[C@@H](Cc1ccccc1)NC(=O)[C@@H](NC(=O)[C@@H](N)Cc1ccccc1)C(C)C.Cl.Cl. The first-order valence-corrected chi connectivity index (χ1v) is 20.0. The van der Waals surface area contributed by atoms with Crippen molar-refractivity contribution in [1.29, 1.82) is 0 Å². The van der Waals surface area contributed by atoms with E-state index >= 15 is 0 Å². The minimum atomic E-state index is -1.60. The molecular formula is C46H62Cl2N6O6. The van der Waals surface area contributed by atoms with Crippen molar-refractivity contribution in [3.8, 4) is 0 Å². The third-order valence-electron chi connectivity index (χ3n) is 10.2. The molecule has 60 heavy (non-hydrogen) atoms. The lowest BCUT2D eigenvalue weighted by atomic mass is 9.90. The Bertz CT molecular complexity index is 1740. The van der Waals surface area contributed by atoms with Crippen molar-refractivity contribution >= 4 is 48.4 Å². The fraction of sp³-hybridized carbons (Fsp3) is 0.391. The summed E-state index contributed by atoms with van der Waals surface area (Å²) in [7, 11) is 0. The Morgan fingerprint density at radius 3 is 0.933 bits per heavy atom. The van der Waals surface area contributed by atoms with Crippen LogP contribution in [0.5, 0.6) is 0 Å². The average Bonchev–Trinajstić information content (AvgIpc) is 3.21. The second kappa shape index (κ2) is 25.7. The number of carbonyl (C=O) groups excluding carboxylic acids is 4. The average molecular weight is 866 g/mol. The van der Waals surface area contributed by atoms with Gasteiger partial charge in [0.25, 0.3) is 0 Å². The van der Waals surface area contributed by atoms with Crippen LogP contribution in [0.25, 0.3) is 0 Å². The second-order valence-corrected chi connectivity index (χ2v) is 15.6. The minimum Gasteiger partial charge on any atom is -0.388 e. The molecule has 4 rings (SSSR count). The highest BCUT2D eigenvalue weighted by Crippen LogP contribution is 2.17. The van der Waals surface area contributed by atoms with E-state index in [0.29, 0.717) is 0 Å². The van der Waals surface area contributed by atoms with Crippen molar-refractivity contribution in [3.63, 3.8) is 0 Å². The van der Waals surface area contributed by atoms with E-state index in [1.54, 1.807) is 27.7 Å². The molecule has 0 fully saturated rings. The number of aliphatic hydroxyl groups is 2. The Morgan fingerprint density at radius 1 is 0.433 bits per heavy atom. The Morgan fingerprint density at radius 2 is 0.683 bits per heavy atom. The molecule has 14 heteroatoms. The summed E-state index contributed by atoms with van der Waals surface area (Å²) in [5.74, 6) is -2.86. The first-order chi connectivity index (χ1) is 27.7. The van der Waals surface area contributed by atoms with Crippen LogP contribution in [0.3, 0.4) is 0 Å². The summed E-state index contributed by atoms with van der Waals surface area (Å²) >= 11 is 0. The maximum Gasteiger partial charge on any atom is 0.243 e. The lowest BCUT2D eigenvalue weighted by Gasteiger charge is -2.35. The summed E-state index contributed by atoms with van der Waals surface area (Å²) in [6.45, 7) is 7.15. The zero-order chi connectivity index (χ0) is 42.2. The molecule has 4 aromatic carbocycles. The first-order valence-electron chi connectivity index (χ1n) is 20.0. The number of aliphatic hydroxyl groups excluding tert-OH is 2. The molecule has 12 nitrogen and oxygen atoms in total. The van der Waals surface area contributed by atoms with Gasteiger partial charge < -0.3 is 42.9 Å². The molecule has 4 aromatic rings. The molecule has 0 heterocycles. The van der Waals surface area contributed by atoms with Crippen LogP contribution < -0.4 is 32.7 Å². The maximum atomic E-state index is 14.0. The zero-order valence-electron chi connectivity index (χ0n) is 34.6. The molecule has 0 aliphatic rings. The molecule has 0 aliphatic carbocycles. The molecule has 10 N–H and O–H groups in total. The summed E-state index contributed by atoms with van der Waals surface area (Å²) in [6, 6.07) is 31.0. The van der Waals surface area contributed by atoms with E-state index in [1.165, 1.54) is 0 Å². The van der Waals surface area contributed by atoms with Crippen LogP contribution in [-0.4, -0.2) is 82.3 Å². The smallest absolute Gasteiger partial charge is 0.243 e. The van der Waals surface area contributed by atoms with E-state index in [0.717, 1.165) is 22.3 Å². The molecule has 0 saturated heterocycles. The van der Waals surface area contributed by atoms with Gasteiger partial charge in [0.1, 0.15) is 24.3 Å². The molecule has 0 unspecified atom stereocenters. The van der Waals surface area contributed by atoms with Gasteiger partial charge in [0, 0.05) is 0 Å². The van der Waals surface area contributed by atoms with Gasteiger partial charge in [-0.05, 0) is 59.8 Å². The maximum absolute atomic E-state index is 14.0. The number of carbonyl (C=O) groups is 4. The van der Waals surface area contributed by atoms with Crippen molar-refractivity contribution in [2.75, 3.05) is 0 Å². The molecular weight excluding hydrogens is 803 g/mol.